The number of ether oxygens (including phenoxy) is 3. The fraction of sp³-hybridized carbons (Fsp3) is 0.364. The second-order valence-electron chi connectivity index (χ2n) is 7.11. The molecule has 1 amide bonds. The molecule has 0 saturated carbocycles. The van der Waals surface area contributed by atoms with E-state index in [1.54, 1.807) is 29.2 Å². The number of hydrogen-bond donors (Lipinski definition) is 0. The predicted molar refractivity (Wildman–Crippen MR) is 113 cm³/mol. The number of hydrogen-bond acceptors (Lipinski definition) is 6. The lowest BCUT2D eigenvalue weighted by molar-refractivity contribution is -0.135. The van der Waals surface area contributed by atoms with E-state index in [2.05, 4.69) is 4.98 Å². The molecule has 2 aromatic carbocycles. The number of fused-ring (bicyclic) bond motifs is 1. The van der Waals surface area contributed by atoms with Gasteiger partial charge in [-0.25, -0.2) is 8.78 Å². The number of amides is 1. The van der Waals surface area contributed by atoms with E-state index in [9.17, 15) is 13.6 Å². The molecule has 4 rings (SSSR count). The van der Waals surface area contributed by atoms with Crippen LogP contribution in [0.1, 0.15) is 19.8 Å². The quantitative estimate of drug-likeness (QED) is 0.536. The van der Waals surface area contributed by atoms with E-state index < -0.39 is 11.6 Å². The van der Waals surface area contributed by atoms with Crippen molar-refractivity contribution in [1.29, 1.82) is 0 Å². The molecule has 0 bridgehead atoms. The monoisotopic (exact) mass is 448 g/mol. The van der Waals surface area contributed by atoms with Gasteiger partial charge in [0.15, 0.2) is 12.4 Å². The summed E-state index contributed by atoms with van der Waals surface area (Å²) in [5.74, 6) is -0.0721. The number of aromatic nitrogens is 1. The van der Waals surface area contributed by atoms with Crippen LogP contribution < -0.4 is 14.2 Å². The van der Waals surface area contributed by atoms with Gasteiger partial charge in [-0.2, -0.15) is 4.98 Å². The molecule has 1 fully saturated rings. The Hall–Kier alpha value is -2.94. The Labute approximate surface area is 182 Å². The highest BCUT2D eigenvalue weighted by molar-refractivity contribution is 7.20. The summed E-state index contributed by atoms with van der Waals surface area (Å²) in [5.41, 5.74) is 0.112. The number of thiazole rings is 1. The zero-order valence-electron chi connectivity index (χ0n) is 17.0. The van der Waals surface area contributed by atoms with Crippen LogP contribution in [-0.4, -0.2) is 48.2 Å². The van der Waals surface area contributed by atoms with Crippen molar-refractivity contribution < 1.29 is 27.8 Å². The molecule has 164 valence electrons. The molecule has 1 aromatic heterocycles. The summed E-state index contributed by atoms with van der Waals surface area (Å²) in [6.45, 7) is 3.53. The second kappa shape index (κ2) is 9.47. The largest absolute Gasteiger partial charge is 0.494 e. The molecule has 9 heteroatoms. The van der Waals surface area contributed by atoms with Gasteiger partial charge in [0.25, 0.3) is 11.1 Å². The van der Waals surface area contributed by atoms with Crippen LogP contribution in [-0.2, 0) is 4.79 Å². The van der Waals surface area contributed by atoms with E-state index in [4.69, 9.17) is 14.2 Å². The number of benzene rings is 2. The summed E-state index contributed by atoms with van der Waals surface area (Å²) in [6, 6.07) is 9.19. The van der Waals surface area contributed by atoms with Gasteiger partial charge >= 0.3 is 0 Å². The summed E-state index contributed by atoms with van der Waals surface area (Å²) in [7, 11) is 0. The lowest BCUT2D eigenvalue weighted by Crippen LogP contribution is -2.43. The van der Waals surface area contributed by atoms with E-state index in [-0.39, 0.29) is 24.1 Å². The van der Waals surface area contributed by atoms with Crippen LogP contribution >= 0.6 is 11.3 Å². The maximum absolute atomic E-state index is 13.8. The number of likely N-dealkylation sites (tertiary alicyclic amines) is 1. The first-order valence-electron chi connectivity index (χ1n) is 10.1. The van der Waals surface area contributed by atoms with Crippen molar-refractivity contribution in [2.45, 2.75) is 25.9 Å². The zero-order valence-corrected chi connectivity index (χ0v) is 17.8. The van der Waals surface area contributed by atoms with Crippen LogP contribution in [0.2, 0.25) is 0 Å². The molecular weight excluding hydrogens is 426 g/mol. The van der Waals surface area contributed by atoms with Crippen LogP contribution in [0.15, 0.2) is 36.4 Å². The van der Waals surface area contributed by atoms with E-state index in [0.717, 1.165) is 23.2 Å². The predicted octanol–water partition coefficient (Wildman–Crippen LogP) is 4.42. The number of rotatable bonds is 7. The van der Waals surface area contributed by atoms with E-state index >= 15 is 0 Å². The van der Waals surface area contributed by atoms with Gasteiger partial charge in [0.1, 0.15) is 28.9 Å². The topological polar surface area (TPSA) is 60.9 Å². The van der Waals surface area contributed by atoms with Crippen LogP contribution in [0.4, 0.5) is 8.78 Å². The van der Waals surface area contributed by atoms with Crippen molar-refractivity contribution in [3.63, 3.8) is 0 Å². The van der Waals surface area contributed by atoms with E-state index in [0.29, 0.717) is 48.2 Å². The van der Waals surface area contributed by atoms with Gasteiger partial charge in [0.05, 0.1) is 11.3 Å². The molecule has 0 aliphatic carbocycles. The third-order valence-electron chi connectivity index (χ3n) is 4.95. The third-order valence-corrected chi connectivity index (χ3v) is 5.85. The van der Waals surface area contributed by atoms with Crippen molar-refractivity contribution in [3.05, 3.63) is 48.0 Å². The number of carbonyl (C=O) groups excluding carboxylic acids is 1. The first-order chi connectivity index (χ1) is 15.0. The second-order valence-corrected chi connectivity index (χ2v) is 8.10. The number of nitrogens with zero attached hydrogens (tertiary/aromatic N) is 2. The van der Waals surface area contributed by atoms with E-state index in [1.807, 2.05) is 6.92 Å². The Balaban J connectivity index is 1.25. The molecule has 6 nitrogen and oxygen atoms in total. The molecule has 31 heavy (non-hydrogen) atoms. The molecule has 2 heterocycles. The van der Waals surface area contributed by atoms with Crippen molar-refractivity contribution in [2.75, 3.05) is 26.3 Å². The van der Waals surface area contributed by atoms with Gasteiger partial charge in [0.2, 0.25) is 0 Å². The highest BCUT2D eigenvalue weighted by atomic mass is 32.1. The maximum atomic E-state index is 13.8. The Kier molecular flexibility index (Phi) is 6.50. The van der Waals surface area contributed by atoms with Gasteiger partial charge < -0.3 is 19.1 Å². The molecule has 0 spiro atoms. The Bertz CT molecular complexity index is 1050. The first kappa shape index (κ1) is 21.3. The van der Waals surface area contributed by atoms with Gasteiger partial charge in [0, 0.05) is 32.0 Å². The number of carbonyl (C=O) groups is 1. The molecule has 3 aromatic rings. The number of halogens is 2. The summed E-state index contributed by atoms with van der Waals surface area (Å²) in [6.07, 6.45) is 1.12. The Morgan fingerprint density at radius 2 is 1.81 bits per heavy atom. The maximum Gasteiger partial charge on any atom is 0.274 e. The molecule has 0 radical (unpaired) electrons. The third kappa shape index (κ3) is 5.22. The summed E-state index contributed by atoms with van der Waals surface area (Å²) in [5, 5.41) is 0.308. The molecule has 0 atom stereocenters. The fourth-order valence-electron chi connectivity index (χ4n) is 3.39. The zero-order chi connectivity index (χ0) is 21.8. The van der Waals surface area contributed by atoms with Crippen LogP contribution in [0, 0.1) is 11.6 Å². The smallest absolute Gasteiger partial charge is 0.274 e. The molecule has 1 saturated heterocycles. The highest BCUT2D eigenvalue weighted by Crippen LogP contribution is 2.32. The van der Waals surface area contributed by atoms with Gasteiger partial charge in [-0.05, 0) is 37.3 Å². The normalized spacial score (nSPS) is 14.6. The minimum atomic E-state index is -0.700. The highest BCUT2D eigenvalue weighted by Gasteiger charge is 2.25. The van der Waals surface area contributed by atoms with Crippen molar-refractivity contribution >= 4 is 27.5 Å². The minimum Gasteiger partial charge on any atom is -0.494 e. The molecule has 0 N–H and O–H groups in total. The van der Waals surface area contributed by atoms with Crippen molar-refractivity contribution in [3.8, 4) is 16.7 Å². The van der Waals surface area contributed by atoms with E-state index in [1.165, 1.54) is 6.07 Å². The average Bonchev–Trinajstić information content (AvgIpc) is 3.16. The lowest BCUT2D eigenvalue weighted by Gasteiger charge is -2.31. The SMILES string of the molecule is CCOc1ccc(OCC(=O)N2CCC(Oc3nc4c(F)cc(F)cc4s3)CC2)cc1. The van der Waals surface area contributed by atoms with Crippen molar-refractivity contribution in [2.24, 2.45) is 0 Å². The first-order valence-corrected chi connectivity index (χ1v) is 10.9. The summed E-state index contributed by atoms with van der Waals surface area (Å²) >= 11 is 1.11. The van der Waals surface area contributed by atoms with Crippen molar-refractivity contribution in [1.82, 2.24) is 9.88 Å². The number of piperidine rings is 1. The lowest BCUT2D eigenvalue weighted by atomic mass is 10.1. The summed E-state index contributed by atoms with van der Waals surface area (Å²) in [4.78, 5) is 18.3. The Morgan fingerprint density at radius 3 is 2.48 bits per heavy atom. The van der Waals surface area contributed by atoms with Crippen LogP contribution in [0.3, 0.4) is 0 Å². The Morgan fingerprint density at radius 1 is 1.13 bits per heavy atom. The molecular formula is C22H22F2N2O4S. The standard InChI is InChI=1S/C22H22F2N2O4S/c1-2-28-15-3-5-16(6-4-15)29-13-20(27)26-9-7-17(8-10-26)30-22-25-21-18(24)11-14(23)12-19(21)31-22/h3-6,11-12,17H,2,7-10,13H2,1H3. The fourth-order valence-corrected chi connectivity index (χ4v) is 4.31. The van der Waals surface area contributed by atoms with Gasteiger partial charge in [-0.15, -0.1) is 0 Å². The van der Waals surface area contributed by atoms with Crippen LogP contribution in [0.5, 0.6) is 16.7 Å². The van der Waals surface area contributed by atoms with Gasteiger partial charge in [-0.1, -0.05) is 11.3 Å². The molecule has 1 aliphatic heterocycles. The summed E-state index contributed by atoms with van der Waals surface area (Å²) < 4.78 is 44.4. The van der Waals surface area contributed by atoms with Crippen LogP contribution in [0.25, 0.3) is 10.2 Å². The molecule has 0 unspecified atom stereocenters. The van der Waals surface area contributed by atoms with Gasteiger partial charge in [-0.3, -0.25) is 4.79 Å². The average molecular weight is 448 g/mol. The minimum absolute atomic E-state index is 0.0395. The molecule has 1 aliphatic rings.